The first kappa shape index (κ1) is 25.3. The largest absolute Gasteiger partial charge is 0.469 e. The monoisotopic (exact) mass is 516 g/mol. The van der Waals surface area contributed by atoms with Crippen LogP contribution in [0.5, 0.6) is 0 Å². The lowest BCUT2D eigenvalue weighted by Gasteiger charge is -2.31. The summed E-state index contributed by atoms with van der Waals surface area (Å²) >= 11 is 0. The van der Waals surface area contributed by atoms with E-state index < -0.39 is 18.1 Å². The number of ether oxygens (including phenoxy) is 1. The Bertz CT molecular complexity index is 1330. The molecule has 0 spiro atoms. The zero-order valence-corrected chi connectivity index (χ0v) is 22.8. The third-order valence-corrected chi connectivity index (χ3v) is 9.51. The minimum atomic E-state index is -1.10. The maximum Gasteiger partial charge on any atom is 0.306 e. The van der Waals surface area contributed by atoms with Crippen LogP contribution in [-0.2, 0) is 27.2 Å². The van der Waals surface area contributed by atoms with E-state index in [0.717, 1.165) is 28.8 Å². The zero-order valence-electron chi connectivity index (χ0n) is 22.8. The number of hydrogen-bond donors (Lipinski definition) is 0. The van der Waals surface area contributed by atoms with Crippen molar-refractivity contribution in [3.8, 4) is 11.1 Å². The fraction of sp³-hybridized carbons (Fsp3) is 0.531. The Labute approximate surface area is 224 Å². The molecule has 2 aliphatic heterocycles. The van der Waals surface area contributed by atoms with Crippen LogP contribution in [0, 0.1) is 24.7 Å². The molecule has 2 fully saturated rings. The molecule has 2 aliphatic carbocycles. The van der Waals surface area contributed by atoms with Crippen LogP contribution >= 0.6 is 0 Å². The first-order valence-corrected chi connectivity index (χ1v) is 14.1. The predicted molar refractivity (Wildman–Crippen MR) is 147 cm³/mol. The van der Waals surface area contributed by atoms with E-state index in [1.807, 2.05) is 13.8 Å². The average Bonchev–Trinajstić information content (AvgIpc) is 3.55. The summed E-state index contributed by atoms with van der Waals surface area (Å²) in [6.45, 7) is 6.13. The quantitative estimate of drug-likeness (QED) is 0.435. The number of methoxy groups -OCH3 is 1. The molecule has 0 radical (unpaired) electrons. The number of benzene rings is 2. The van der Waals surface area contributed by atoms with Gasteiger partial charge in [0.25, 0.3) is 0 Å². The van der Waals surface area contributed by atoms with Gasteiger partial charge in [0, 0.05) is 18.6 Å². The number of aryl methyl sites for hydroxylation is 1. The van der Waals surface area contributed by atoms with Gasteiger partial charge in [0.15, 0.2) is 0 Å². The summed E-state index contributed by atoms with van der Waals surface area (Å²) in [5, 5.41) is 0. The van der Waals surface area contributed by atoms with Crippen molar-refractivity contribution in [3.63, 3.8) is 0 Å². The number of carbonyl (C=O) groups is 2. The highest BCUT2D eigenvalue weighted by Crippen LogP contribution is 2.54. The number of alkyl halides is 1. The molecule has 4 aliphatic rings. The minimum absolute atomic E-state index is 0.00577. The van der Waals surface area contributed by atoms with Crippen molar-refractivity contribution in [1.29, 1.82) is 0 Å². The predicted octanol–water partition coefficient (Wildman–Crippen LogP) is 6.11. The molecule has 5 nitrogen and oxygen atoms in total. The van der Waals surface area contributed by atoms with Gasteiger partial charge in [0.2, 0.25) is 5.91 Å². The Morgan fingerprint density at radius 2 is 2.00 bits per heavy atom. The second-order valence-electron chi connectivity index (χ2n) is 12.1. The van der Waals surface area contributed by atoms with Crippen molar-refractivity contribution in [1.82, 2.24) is 4.90 Å². The summed E-state index contributed by atoms with van der Waals surface area (Å²) < 4.78 is 19.6. The van der Waals surface area contributed by atoms with Gasteiger partial charge in [-0.25, -0.2) is 4.39 Å². The van der Waals surface area contributed by atoms with Crippen molar-refractivity contribution < 1.29 is 18.7 Å². The third kappa shape index (κ3) is 4.17. The Morgan fingerprint density at radius 1 is 1.18 bits per heavy atom. The molecule has 1 saturated carbocycles. The lowest BCUT2D eigenvalue weighted by atomic mass is 9.73. The number of halogens is 1. The number of likely N-dealkylation sites (tertiary alicyclic amines) is 1. The second kappa shape index (κ2) is 9.62. The molecule has 5 atom stereocenters. The van der Waals surface area contributed by atoms with Crippen LogP contribution in [0.1, 0.15) is 67.7 Å². The van der Waals surface area contributed by atoms with Crippen molar-refractivity contribution in [2.24, 2.45) is 22.7 Å². The summed E-state index contributed by atoms with van der Waals surface area (Å²) in [7, 11) is 1.33. The highest BCUT2D eigenvalue weighted by atomic mass is 19.1. The number of fused-ring (bicyclic) bond motifs is 4. The summed E-state index contributed by atoms with van der Waals surface area (Å²) in [5.74, 6) is 0.353. The van der Waals surface area contributed by atoms with Crippen LogP contribution in [0.4, 0.5) is 10.1 Å². The number of esters is 1. The smallest absolute Gasteiger partial charge is 0.306 e. The molecule has 0 aromatic heterocycles. The van der Waals surface area contributed by atoms with E-state index in [1.54, 1.807) is 10.5 Å². The zero-order chi connectivity index (χ0) is 26.7. The van der Waals surface area contributed by atoms with Crippen LogP contribution in [0.3, 0.4) is 0 Å². The van der Waals surface area contributed by atoms with E-state index in [9.17, 15) is 14.0 Å². The molecule has 2 unspecified atom stereocenters. The summed E-state index contributed by atoms with van der Waals surface area (Å²) in [5.41, 5.74) is 9.97. The molecule has 1 saturated heterocycles. The van der Waals surface area contributed by atoms with E-state index in [4.69, 9.17) is 9.73 Å². The van der Waals surface area contributed by atoms with Gasteiger partial charge in [-0.1, -0.05) is 32.0 Å². The van der Waals surface area contributed by atoms with Crippen molar-refractivity contribution in [2.75, 3.05) is 13.7 Å². The van der Waals surface area contributed by atoms with Crippen LogP contribution < -0.4 is 0 Å². The Morgan fingerprint density at radius 3 is 2.71 bits per heavy atom. The van der Waals surface area contributed by atoms with Gasteiger partial charge in [-0.05, 0) is 89.5 Å². The average molecular weight is 517 g/mol. The normalized spacial score (nSPS) is 25.9. The number of amides is 1. The Balaban J connectivity index is 1.25. The summed E-state index contributed by atoms with van der Waals surface area (Å²) in [6, 6.07) is 10.7. The first-order chi connectivity index (χ1) is 18.2. The fourth-order valence-electron chi connectivity index (χ4n) is 7.26. The lowest BCUT2D eigenvalue weighted by Crippen LogP contribution is -2.45. The first-order valence-electron chi connectivity index (χ1n) is 14.1. The molecule has 0 bridgehead atoms. The van der Waals surface area contributed by atoms with Crippen molar-refractivity contribution in [2.45, 2.75) is 77.4 Å². The van der Waals surface area contributed by atoms with Crippen molar-refractivity contribution >= 4 is 23.3 Å². The van der Waals surface area contributed by atoms with Gasteiger partial charge < -0.3 is 9.64 Å². The van der Waals surface area contributed by atoms with E-state index in [1.165, 1.54) is 48.6 Å². The Hall–Kier alpha value is -3.02. The van der Waals surface area contributed by atoms with Crippen LogP contribution in [0.15, 0.2) is 35.3 Å². The molecule has 6 heteroatoms. The number of aliphatic imine (C=N–C) groups is 1. The van der Waals surface area contributed by atoms with Gasteiger partial charge in [-0.3, -0.25) is 14.6 Å². The number of nitrogens with zero attached hydrogens (tertiary/aromatic N) is 2. The molecule has 200 valence electrons. The van der Waals surface area contributed by atoms with E-state index in [2.05, 4.69) is 37.3 Å². The van der Waals surface area contributed by atoms with Gasteiger partial charge in [-0.15, -0.1) is 0 Å². The van der Waals surface area contributed by atoms with Crippen LogP contribution in [-0.4, -0.2) is 48.4 Å². The van der Waals surface area contributed by atoms with E-state index in [-0.39, 0.29) is 37.3 Å². The van der Waals surface area contributed by atoms with E-state index in [0.29, 0.717) is 6.42 Å². The SMILES string of the molecule is COC(=O)C[C@H](C(=O)N1C[C@@H](F)C[C@H]1C1=Nc2ccc(-c3ccc(C)c4c3CC3CCC43)cc2C1)C(C)C. The maximum atomic E-state index is 14.7. The molecule has 2 aromatic carbocycles. The highest BCUT2D eigenvalue weighted by molar-refractivity contribution is 6.01. The van der Waals surface area contributed by atoms with E-state index >= 15 is 0 Å². The highest BCUT2D eigenvalue weighted by Gasteiger charge is 2.43. The number of carbonyl (C=O) groups excluding carboxylic acids is 2. The Kier molecular flexibility index (Phi) is 6.40. The van der Waals surface area contributed by atoms with Gasteiger partial charge in [0.05, 0.1) is 37.7 Å². The van der Waals surface area contributed by atoms with Crippen LogP contribution in [0.25, 0.3) is 11.1 Å². The molecule has 2 heterocycles. The van der Waals surface area contributed by atoms with Gasteiger partial charge in [-0.2, -0.15) is 0 Å². The molecular weight excluding hydrogens is 479 g/mol. The topological polar surface area (TPSA) is 59.0 Å². The molecule has 1 amide bonds. The standard InChI is InChI=1S/C32H37FN2O3/c1-17(2)25(15-30(36)38-4)32(37)35-16-22(33)14-29(35)28-13-21-11-19(7-10-27(21)34-28)23-8-5-18(3)31-24-9-6-20(24)12-26(23)31/h5,7-8,10-11,17,20,22,24-25,29H,6,9,12-16H2,1-4H3/t20?,22-,24?,25-,29-/m0/s1. The molecule has 2 aromatic rings. The summed E-state index contributed by atoms with van der Waals surface area (Å²) in [4.78, 5) is 32.1. The minimum Gasteiger partial charge on any atom is -0.469 e. The number of rotatable bonds is 6. The van der Waals surface area contributed by atoms with Gasteiger partial charge in [0.1, 0.15) is 6.17 Å². The molecule has 6 rings (SSSR count). The molecule has 0 N–H and O–H groups in total. The fourth-order valence-corrected chi connectivity index (χ4v) is 7.26. The third-order valence-electron chi connectivity index (χ3n) is 9.51. The molecule has 38 heavy (non-hydrogen) atoms. The van der Waals surface area contributed by atoms with Crippen LogP contribution in [0.2, 0.25) is 0 Å². The second-order valence-corrected chi connectivity index (χ2v) is 12.1. The molecular formula is C32H37FN2O3. The summed E-state index contributed by atoms with van der Waals surface area (Å²) in [6.07, 6.45) is 3.61. The maximum absolute atomic E-state index is 14.7. The lowest BCUT2D eigenvalue weighted by molar-refractivity contribution is -0.148. The van der Waals surface area contributed by atoms with Crippen molar-refractivity contribution in [3.05, 3.63) is 52.6 Å². The van der Waals surface area contributed by atoms with Gasteiger partial charge >= 0.3 is 5.97 Å². The number of hydrogen-bond acceptors (Lipinski definition) is 4.